The number of halogens is 2. The Morgan fingerprint density at radius 2 is 1.84 bits per heavy atom. The molecule has 156 valence electrons. The van der Waals surface area contributed by atoms with Crippen LogP contribution < -0.4 is 10.1 Å². The van der Waals surface area contributed by atoms with E-state index in [2.05, 4.69) is 37.2 Å². The van der Waals surface area contributed by atoms with E-state index in [-0.39, 0.29) is 5.57 Å². The number of nitriles is 1. The van der Waals surface area contributed by atoms with Crippen molar-refractivity contribution in [2.45, 2.75) is 20.5 Å². The standard InChI is InChI=1S/C25H20Br2N2O2/c1-16-8-9-17(2)23(10-16)29-25(30)20(14-28)11-19-12-21(26)13-22(27)24(19)31-15-18-6-4-3-5-7-18/h3-13H,15H2,1-2H3,(H,29,30)/b20-11+. The summed E-state index contributed by atoms with van der Waals surface area (Å²) >= 11 is 6.99. The van der Waals surface area contributed by atoms with E-state index < -0.39 is 5.91 Å². The summed E-state index contributed by atoms with van der Waals surface area (Å²) < 4.78 is 7.55. The Hall–Kier alpha value is -2.88. The fourth-order valence-corrected chi connectivity index (χ4v) is 4.31. The number of aryl methyl sites for hydroxylation is 2. The van der Waals surface area contributed by atoms with Crippen molar-refractivity contribution in [1.29, 1.82) is 5.26 Å². The van der Waals surface area contributed by atoms with Gasteiger partial charge in [0.15, 0.2) is 0 Å². The lowest BCUT2D eigenvalue weighted by Crippen LogP contribution is -2.14. The van der Waals surface area contributed by atoms with Crippen LogP contribution in [0.15, 0.2) is 75.2 Å². The largest absolute Gasteiger partial charge is 0.487 e. The highest BCUT2D eigenvalue weighted by Gasteiger charge is 2.15. The molecule has 0 radical (unpaired) electrons. The van der Waals surface area contributed by atoms with Crippen molar-refractivity contribution in [3.8, 4) is 11.8 Å². The van der Waals surface area contributed by atoms with Crippen molar-refractivity contribution in [3.05, 3.63) is 97.4 Å². The zero-order valence-electron chi connectivity index (χ0n) is 17.1. The maximum Gasteiger partial charge on any atom is 0.266 e. The predicted molar refractivity (Wildman–Crippen MR) is 131 cm³/mol. The summed E-state index contributed by atoms with van der Waals surface area (Å²) in [5.74, 6) is 0.0839. The third-order valence-electron chi connectivity index (χ3n) is 4.57. The van der Waals surface area contributed by atoms with Crippen LogP contribution in [0.3, 0.4) is 0 Å². The Balaban J connectivity index is 1.91. The van der Waals surface area contributed by atoms with Gasteiger partial charge in [0.25, 0.3) is 5.91 Å². The molecule has 0 saturated carbocycles. The predicted octanol–water partition coefficient (Wildman–Crippen LogP) is 6.95. The molecule has 6 heteroatoms. The number of carbonyl (C=O) groups excluding carboxylic acids is 1. The Morgan fingerprint density at radius 3 is 2.55 bits per heavy atom. The highest BCUT2D eigenvalue weighted by molar-refractivity contribution is 9.11. The Kier molecular flexibility index (Phi) is 7.67. The zero-order valence-corrected chi connectivity index (χ0v) is 20.2. The van der Waals surface area contributed by atoms with E-state index in [4.69, 9.17) is 4.74 Å². The minimum Gasteiger partial charge on any atom is -0.487 e. The number of hydrogen-bond acceptors (Lipinski definition) is 3. The Morgan fingerprint density at radius 1 is 1.10 bits per heavy atom. The van der Waals surface area contributed by atoms with Crippen molar-refractivity contribution in [2.75, 3.05) is 5.32 Å². The number of amides is 1. The van der Waals surface area contributed by atoms with E-state index in [1.165, 1.54) is 6.08 Å². The lowest BCUT2D eigenvalue weighted by molar-refractivity contribution is -0.112. The van der Waals surface area contributed by atoms with Crippen LogP contribution in [0.25, 0.3) is 6.08 Å². The lowest BCUT2D eigenvalue weighted by atomic mass is 10.1. The molecule has 0 atom stereocenters. The van der Waals surface area contributed by atoms with Crippen LogP contribution in [0.5, 0.6) is 5.75 Å². The quantitative estimate of drug-likeness (QED) is 0.272. The number of ether oxygens (including phenoxy) is 1. The molecule has 1 N–H and O–H groups in total. The summed E-state index contributed by atoms with van der Waals surface area (Å²) in [6, 6.07) is 21.3. The second-order valence-corrected chi connectivity index (χ2v) is 8.79. The van der Waals surface area contributed by atoms with E-state index in [1.54, 1.807) is 0 Å². The molecule has 0 fully saturated rings. The summed E-state index contributed by atoms with van der Waals surface area (Å²) in [7, 11) is 0. The van der Waals surface area contributed by atoms with E-state index in [1.807, 2.05) is 80.6 Å². The fourth-order valence-electron chi connectivity index (χ4n) is 2.93. The van der Waals surface area contributed by atoms with E-state index >= 15 is 0 Å². The van der Waals surface area contributed by atoms with Gasteiger partial charge in [-0.1, -0.05) is 58.4 Å². The van der Waals surface area contributed by atoms with Gasteiger partial charge in [-0.05, 0) is 70.7 Å². The molecule has 0 spiro atoms. The van der Waals surface area contributed by atoms with Gasteiger partial charge >= 0.3 is 0 Å². The van der Waals surface area contributed by atoms with Gasteiger partial charge in [0.2, 0.25) is 0 Å². The molecule has 0 bridgehead atoms. The average molecular weight is 540 g/mol. The number of nitrogens with zero attached hydrogens (tertiary/aromatic N) is 1. The molecule has 0 heterocycles. The molecule has 0 aliphatic heterocycles. The smallest absolute Gasteiger partial charge is 0.266 e. The maximum atomic E-state index is 12.8. The van der Waals surface area contributed by atoms with Gasteiger partial charge in [-0.2, -0.15) is 5.26 Å². The molecule has 31 heavy (non-hydrogen) atoms. The lowest BCUT2D eigenvalue weighted by Gasteiger charge is -2.13. The number of benzene rings is 3. The monoisotopic (exact) mass is 538 g/mol. The molecule has 0 aliphatic carbocycles. The van der Waals surface area contributed by atoms with Gasteiger partial charge in [-0.3, -0.25) is 4.79 Å². The Bertz CT molecular complexity index is 1180. The molecular weight excluding hydrogens is 520 g/mol. The van der Waals surface area contributed by atoms with Gasteiger partial charge in [0, 0.05) is 15.7 Å². The van der Waals surface area contributed by atoms with Crippen LogP contribution in [0.2, 0.25) is 0 Å². The summed E-state index contributed by atoms with van der Waals surface area (Å²) in [6.07, 6.45) is 1.54. The summed E-state index contributed by atoms with van der Waals surface area (Å²) in [5.41, 5.74) is 4.24. The van der Waals surface area contributed by atoms with Crippen LogP contribution in [-0.2, 0) is 11.4 Å². The minimum absolute atomic E-state index is 0.0181. The number of rotatable bonds is 6. The molecule has 0 aliphatic rings. The van der Waals surface area contributed by atoms with Crippen LogP contribution in [0.4, 0.5) is 5.69 Å². The normalized spacial score (nSPS) is 11.0. The highest BCUT2D eigenvalue weighted by atomic mass is 79.9. The maximum absolute atomic E-state index is 12.8. The molecule has 4 nitrogen and oxygen atoms in total. The molecule has 0 unspecified atom stereocenters. The number of hydrogen-bond donors (Lipinski definition) is 1. The third-order valence-corrected chi connectivity index (χ3v) is 5.62. The van der Waals surface area contributed by atoms with E-state index in [0.717, 1.165) is 25.6 Å². The SMILES string of the molecule is Cc1ccc(C)c(NC(=O)/C(C#N)=C/c2cc(Br)cc(Br)c2OCc2ccccc2)c1. The molecule has 0 saturated heterocycles. The number of nitrogens with one attached hydrogen (secondary N) is 1. The number of carbonyl (C=O) groups is 1. The van der Waals surface area contributed by atoms with Crippen molar-refractivity contribution >= 4 is 49.5 Å². The van der Waals surface area contributed by atoms with Gasteiger partial charge in [-0.25, -0.2) is 0 Å². The van der Waals surface area contributed by atoms with Crippen LogP contribution in [0, 0.1) is 25.2 Å². The second-order valence-electron chi connectivity index (χ2n) is 7.02. The number of anilines is 1. The molecular formula is C25H20Br2N2O2. The van der Waals surface area contributed by atoms with Gasteiger partial charge in [-0.15, -0.1) is 0 Å². The molecule has 1 amide bonds. The van der Waals surface area contributed by atoms with E-state index in [0.29, 0.717) is 23.6 Å². The van der Waals surface area contributed by atoms with Gasteiger partial charge < -0.3 is 10.1 Å². The first-order valence-electron chi connectivity index (χ1n) is 9.53. The Labute approximate surface area is 198 Å². The molecule has 3 aromatic carbocycles. The first kappa shape index (κ1) is 22.8. The van der Waals surface area contributed by atoms with Crippen LogP contribution in [0.1, 0.15) is 22.3 Å². The summed E-state index contributed by atoms with van der Waals surface area (Å²) in [4.78, 5) is 12.8. The first-order valence-corrected chi connectivity index (χ1v) is 11.1. The third kappa shape index (κ3) is 6.06. The van der Waals surface area contributed by atoms with Crippen LogP contribution >= 0.6 is 31.9 Å². The van der Waals surface area contributed by atoms with Gasteiger partial charge in [0.1, 0.15) is 24.0 Å². The van der Waals surface area contributed by atoms with Crippen molar-refractivity contribution in [1.82, 2.24) is 0 Å². The van der Waals surface area contributed by atoms with Crippen molar-refractivity contribution in [2.24, 2.45) is 0 Å². The second kappa shape index (κ2) is 10.4. The minimum atomic E-state index is -0.471. The summed E-state index contributed by atoms with van der Waals surface area (Å²) in [5, 5.41) is 12.5. The fraction of sp³-hybridized carbons (Fsp3) is 0.120. The first-order chi connectivity index (χ1) is 14.9. The molecule has 3 rings (SSSR count). The molecule has 0 aromatic heterocycles. The molecule has 3 aromatic rings. The van der Waals surface area contributed by atoms with Crippen molar-refractivity contribution < 1.29 is 9.53 Å². The van der Waals surface area contributed by atoms with E-state index in [9.17, 15) is 10.1 Å². The average Bonchev–Trinajstić information content (AvgIpc) is 2.74. The summed E-state index contributed by atoms with van der Waals surface area (Å²) in [6.45, 7) is 4.22. The zero-order chi connectivity index (χ0) is 22.4. The topological polar surface area (TPSA) is 62.1 Å². The van der Waals surface area contributed by atoms with Crippen molar-refractivity contribution in [3.63, 3.8) is 0 Å². The van der Waals surface area contributed by atoms with Gasteiger partial charge in [0.05, 0.1) is 4.47 Å². The van der Waals surface area contributed by atoms with Crippen LogP contribution in [-0.4, -0.2) is 5.91 Å². The highest BCUT2D eigenvalue weighted by Crippen LogP contribution is 2.35.